The zero-order chi connectivity index (χ0) is 35.0. The zero-order valence-corrected chi connectivity index (χ0v) is 28.1. The first-order valence-corrected chi connectivity index (χ1v) is 15.5. The van der Waals surface area contributed by atoms with Gasteiger partial charge in [-0.15, -0.1) is 10.2 Å². The van der Waals surface area contributed by atoms with E-state index in [2.05, 4.69) is 20.4 Å². The maximum absolute atomic E-state index is 13.9. The summed E-state index contributed by atoms with van der Waals surface area (Å²) in [4.78, 5) is 3.67. The molecule has 256 valence electrons. The quantitative estimate of drug-likeness (QED) is 0.120. The van der Waals surface area contributed by atoms with Crippen molar-refractivity contribution in [3.8, 4) is 0 Å². The lowest BCUT2D eigenvalue weighted by Crippen LogP contribution is -2.47. The Morgan fingerprint density at radius 3 is 1.29 bits per heavy atom. The summed E-state index contributed by atoms with van der Waals surface area (Å²) in [6.07, 6.45) is -7.01. The second-order valence-electron chi connectivity index (χ2n) is 11.5. The Labute approximate surface area is 282 Å². The van der Waals surface area contributed by atoms with Crippen LogP contribution in [0.15, 0.2) is 46.6 Å². The number of nitrogens with zero attached hydrogens (tertiary/aromatic N) is 10. The lowest BCUT2D eigenvalue weighted by Gasteiger charge is -2.34. The fraction of sp³-hybridized carbons (Fsp3) is 0.400. The number of aryl methyl sites for hydroxylation is 4. The van der Waals surface area contributed by atoms with Gasteiger partial charge in [-0.3, -0.25) is 9.80 Å². The molecule has 1 aliphatic heterocycles. The number of piperazine rings is 1. The van der Waals surface area contributed by atoms with E-state index >= 15 is 0 Å². The monoisotopic (exact) mass is 710 g/mol. The first-order valence-electron chi connectivity index (χ1n) is 14.7. The third kappa shape index (κ3) is 7.99. The van der Waals surface area contributed by atoms with Crippen molar-refractivity contribution in [2.75, 3.05) is 26.2 Å². The summed E-state index contributed by atoms with van der Waals surface area (Å²) in [6.45, 7) is 9.02. The van der Waals surface area contributed by atoms with Crippen LogP contribution in [-0.4, -0.2) is 77.3 Å². The molecule has 0 spiro atoms. The van der Waals surface area contributed by atoms with Crippen LogP contribution in [0.4, 0.5) is 26.3 Å². The minimum Gasteiger partial charge on any atom is -0.282 e. The summed E-state index contributed by atoms with van der Waals surface area (Å²) >= 11 is 10.7. The van der Waals surface area contributed by atoms with Gasteiger partial charge in [-0.05, 0) is 85.5 Å². The number of hydrogen-bond donors (Lipinski definition) is 0. The third-order valence-corrected chi connectivity index (χ3v) is 8.75. The normalized spacial score (nSPS) is 15.4. The molecule has 2 aromatic carbocycles. The van der Waals surface area contributed by atoms with Crippen LogP contribution in [-0.2, 0) is 25.7 Å². The van der Waals surface area contributed by atoms with Gasteiger partial charge in [0.2, 0.25) is 9.54 Å². The topological polar surface area (TPSA) is 76.7 Å². The number of aromatic nitrogens is 6. The zero-order valence-electron chi connectivity index (χ0n) is 26.4. The second-order valence-corrected chi connectivity index (χ2v) is 12.3. The van der Waals surface area contributed by atoms with Gasteiger partial charge in [-0.1, -0.05) is 36.4 Å². The Hall–Kier alpha value is -4.00. The highest BCUT2D eigenvalue weighted by atomic mass is 32.1. The molecule has 4 aromatic rings. The van der Waals surface area contributed by atoms with Gasteiger partial charge in [0, 0.05) is 26.2 Å². The molecule has 0 unspecified atom stereocenters. The van der Waals surface area contributed by atoms with Crippen molar-refractivity contribution in [3.63, 3.8) is 0 Å². The molecule has 0 aliphatic carbocycles. The standard InChI is InChI=1S/C30H32F6N10S2/c1-19-5-7-23(13-21(19)3)15-37-45-25(29(31,32)33)39-43(27(45)47)17-41-9-11-42(12-10-41)18-44-28(48)46(26(40-44)30(34,35)36)38-16-24-8-6-20(2)22(4)14-24/h5-8,13-16H,9-12,17-18H2,1-4H3/b37-15+,38-16+. The molecule has 0 radical (unpaired) electrons. The molecule has 1 aliphatic rings. The van der Waals surface area contributed by atoms with Crippen molar-refractivity contribution < 1.29 is 26.3 Å². The van der Waals surface area contributed by atoms with Crippen molar-refractivity contribution in [1.29, 1.82) is 0 Å². The van der Waals surface area contributed by atoms with Gasteiger partial charge < -0.3 is 0 Å². The van der Waals surface area contributed by atoms with Crippen molar-refractivity contribution in [1.82, 2.24) is 38.7 Å². The van der Waals surface area contributed by atoms with Gasteiger partial charge in [0.25, 0.3) is 11.6 Å². The number of alkyl halides is 6. The Morgan fingerprint density at radius 2 is 0.979 bits per heavy atom. The molecule has 2 aromatic heterocycles. The predicted octanol–water partition coefficient (Wildman–Crippen LogP) is 6.41. The van der Waals surface area contributed by atoms with Crippen LogP contribution in [0.5, 0.6) is 0 Å². The summed E-state index contributed by atoms with van der Waals surface area (Å²) < 4.78 is 86.2. The molecule has 0 bridgehead atoms. The average Bonchev–Trinajstić information content (AvgIpc) is 3.50. The molecule has 10 nitrogen and oxygen atoms in total. The van der Waals surface area contributed by atoms with Crippen LogP contribution in [0.1, 0.15) is 45.0 Å². The molecule has 48 heavy (non-hydrogen) atoms. The van der Waals surface area contributed by atoms with E-state index in [0.29, 0.717) is 46.7 Å². The summed E-state index contributed by atoms with van der Waals surface area (Å²) in [6, 6.07) is 10.8. The first kappa shape index (κ1) is 35.3. The lowest BCUT2D eigenvalue weighted by molar-refractivity contribution is -0.148. The number of halogens is 6. The molecule has 18 heteroatoms. The van der Waals surface area contributed by atoms with Gasteiger partial charge in [0.15, 0.2) is 0 Å². The van der Waals surface area contributed by atoms with Crippen molar-refractivity contribution in [3.05, 3.63) is 91.0 Å². The highest BCUT2D eigenvalue weighted by molar-refractivity contribution is 7.71. The van der Waals surface area contributed by atoms with Crippen LogP contribution in [0, 0.1) is 37.2 Å². The van der Waals surface area contributed by atoms with Crippen LogP contribution in [0.25, 0.3) is 0 Å². The maximum atomic E-state index is 13.9. The lowest BCUT2D eigenvalue weighted by atomic mass is 10.1. The van der Waals surface area contributed by atoms with Crippen molar-refractivity contribution >= 4 is 36.9 Å². The van der Waals surface area contributed by atoms with Gasteiger partial charge in [0.1, 0.15) is 0 Å². The maximum Gasteiger partial charge on any atom is 0.453 e. The van der Waals surface area contributed by atoms with Gasteiger partial charge in [-0.2, -0.15) is 45.9 Å². The summed E-state index contributed by atoms with van der Waals surface area (Å²) in [5, 5.41) is 15.5. The molecule has 0 amide bonds. The Morgan fingerprint density at radius 1 is 0.625 bits per heavy atom. The van der Waals surface area contributed by atoms with Gasteiger partial charge in [-0.25, -0.2) is 9.36 Å². The summed E-state index contributed by atoms with van der Waals surface area (Å²) in [5.74, 6) is -2.51. The Balaban J connectivity index is 1.28. The Bertz CT molecular complexity index is 1830. The predicted molar refractivity (Wildman–Crippen MR) is 173 cm³/mol. The van der Waals surface area contributed by atoms with E-state index in [1.807, 2.05) is 49.6 Å². The van der Waals surface area contributed by atoms with E-state index in [0.717, 1.165) is 31.6 Å². The first-order chi connectivity index (χ1) is 22.5. The van der Waals surface area contributed by atoms with Crippen molar-refractivity contribution in [2.45, 2.75) is 53.4 Å². The summed E-state index contributed by atoms with van der Waals surface area (Å²) in [7, 11) is 0. The molecule has 1 fully saturated rings. The van der Waals surface area contributed by atoms with Crippen molar-refractivity contribution in [2.24, 2.45) is 10.2 Å². The van der Waals surface area contributed by atoms with E-state index in [4.69, 9.17) is 24.4 Å². The molecule has 0 saturated carbocycles. The highest BCUT2D eigenvalue weighted by Gasteiger charge is 2.40. The van der Waals surface area contributed by atoms with E-state index in [-0.39, 0.29) is 22.9 Å². The Kier molecular flexibility index (Phi) is 10.2. The van der Waals surface area contributed by atoms with Crippen LogP contribution < -0.4 is 0 Å². The smallest absolute Gasteiger partial charge is 0.282 e. The van der Waals surface area contributed by atoms with E-state index in [1.165, 1.54) is 12.4 Å². The fourth-order valence-corrected chi connectivity index (χ4v) is 5.40. The van der Waals surface area contributed by atoms with Crippen LogP contribution >= 0.6 is 24.4 Å². The average molecular weight is 711 g/mol. The molecular weight excluding hydrogens is 679 g/mol. The largest absolute Gasteiger partial charge is 0.453 e. The van der Waals surface area contributed by atoms with Gasteiger partial charge >= 0.3 is 12.4 Å². The van der Waals surface area contributed by atoms with E-state index in [1.54, 1.807) is 24.3 Å². The molecule has 0 atom stereocenters. The van der Waals surface area contributed by atoms with Crippen LogP contribution in [0.3, 0.4) is 0 Å². The number of benzene rings is 2. The van der Waals surface area contributed by atoms with Gasteiger partial charge in [0.05, 0.1) is 25.8 Å². The molecule has 5 rings (SSSR count). The minimum absolute atomic E-state index is 0.0403. The summed E-state index contributed by atoms with van der Waals surface area (Å²) in [5.41, 5.74) is 5.22. The molecule has 0 N–H and O–H groups in total. The molecule has 1 saturated heterocycles. The third-order valence-electron chi connectivity index (χ3n) is 7.98. The molecule has 3 heterocycles. The van der Waals surface area contributed by atoms with Crippen LogP contribution in [0.2, 0.25) is 0 Å². The number of hydrogen-bond acceptors (Lipinski definition) is 8. The number of rotatable bonds is 8. The fourth-order valence-electron chi connectivity index (χ4n) is 4.93. The minimum atomic E-state index is -4.81. The van der Waals surface area contributed by atoms with E-state index in [9.17, 15) is 26.3 Å². The SMILES string of the molecule is Cc1ccc(/C=N/n2c(C(F)(F)F)nn(CN3CCN(Cn4nc(C(F)(F)F)n(/N=C/c5ccc(C)c(C)c5)c4=S)CC3)c2=S)cc1C. The van der Waals surface area contributed by atoms with E-state index < -0.39 is 24.0 Å². The second kappa shape index (κ2) is 13.9. The highest BCUT2D eigenvalue weighted by Crippen LogP contribution is 2.29. The molecular formula is C30H32F6N10S2.